The van der Waals surface area contributed by atoms with Gasteiger partial charge in [0.1, 0.15) is 5.69 Å². The highest BCUT2D eigenvalue weighted by atomic mass is 16.2. The molecule has 2 rings (SSSR count). The summed E-state index contributed by atoms with van der Waals surface area (Å²) in [5.41, 5.74) is 7.11. The Balaban J connectivity index is 2.20. The van der Waals surface area contributed by atoms with Gasteiger partial charge in [0, 0.05) is 25.8 Å². The number of aromatic nitrogens is 1. The van der Waals surface area contributed by atoms with Gasteiger partial charge in [-0.05, 0) is 25.3 Å². The highest BCUT2D eigenvalue weighted by Crippen LogP contribution is 2.19. The molecule has 2 N–H and O–H groups in total. The fourth-order valence-electron chi connectivity index (χ4n) is 2.26. The normalized spacial score (nSPS) is 20.4. The second-order valence-corrected chi connectivity index (χ2v) is 4.59. The number of anilines is 1. The molecule has 1 aliphatic heterocycles. The molecule has 0 spiro atoms. The maximum Gasteiger partial charge on any atom is 0.270 e. The number of rotatable bonds is 2. The van der Waals surface area contributed by atoms with Gasteiger partial charge >= 0.3 is 0 Å². The molecule has 4 nitrogen and oxygen atoms in total. The Kier molecular flexibility index (Phi) is 2.90. The molecule has 1 aromatic heterocycles. The largest absolute Gasteiger partial charge is 0.397 e. The van der Waals surface area contributed by atoms with Crippen molar-refractivity contribution in [2.75, 3.05) is 18.8 Å². The molecule has 16 heavy (non-hydrogen) atoms. The summed E-state index contributed by atoms with van der Waals surface area (Å²) in [6, 6.07) is 1.77. The lowest BCUT2D eigenvalue weighted by Gasteiger charge is -2.16. The Morgan fingerprint density at radius 3 is 2.94 bits per heavy atom. The number of likely N-dealkylation sites (tertiary alicyclic amines) is 1. The molecular weight excluding hydrogens is 202 g/mol. The van der Waals surface area contributed by atoms with Crippen LogP contribution in [0.4, 0.5) is 5.69 Å². The van der Waals surface area contributed by atoms with Crippen molar-refractivity contribution in [3.05, 3.63) is 18.0 Å². The van der Waals surface area contributed by atoms with Crippen LogP contribution >= 0.6 is 0 Å². The van der Waals surface area contributed by atoms with Crippen LogP contribution in [0.25, 0.3) is 0 Å². The predicted molar refractivity (Wildman–Crippen MR) is 64.2 cm³/mol. The summed E-state index contributed by atoms with van der Waals surface area (Å²) >= 11 is 0. The summed E-state index contributed by atoms with van der Waals surface area (Å²) in [4.78, 5) is 14.2. The predicted octanol–water partition coefficient (Wildman–Crippen LogP) is 1.57. The van der Waals surface area contributed by atoms with Gasteiger partial charge in [-0.25, -0.2) is 0 Å². The Labute approximate surface area is 96.0 Å². The molecule has 1 unspecified atom stereocenters. The maximum atomic E-state index is 12.2. The van der Waals surface area contributed by atoms with Gasteiger partial charge < -0.3 is 15.2 Å². The van der Waals surface area contributed by atoms with Gasteiger partial charge in [0.15, 0.2) is 0 Å². The molecule has 1 fully saturated rings. The number of carbonyl (C=O) groups is 1. The van der Waals surface area contributed by atoms with Gasteiger partial charge in [-0.15, -0.1) is 0 Å². The summed E-state index contributed by atoms with van der Waals surface area (Å²) in [6.45, 7) is 6.72. The third-order valence-corrected chi connectivity index (χ3v) is 3.19. The van der Waals surface area contributed by atoms with Crippen LogP contribution in [0, 0.1) is 5.92 Å². The Bertz CT molecular complexity index is 397. The van der Waals surface area contributed by atoms with E-state index in [0.29, 0.717) is 17.3 Å². The Hall–Kier alpha value is -1.45. The molecule has 0 saturated carbocycles. The number of nitrogens with two attached hydrogens (primary N) is 1. The molecule has 1 amide bonds. The zero-order chi connectivity index (χ0) is 11.7. The van der Waals surface area contributed by atoms with Crippen LogP contribution in [0.15, 0.2) is 12.3 Å². The molecule has 1 aliphatic rings. The Morgan fingerprint density at radius 1 is 1.62 bits per heavy atom. The molecular formula is C12H19N3O. The third kappa shape index (κ3) is 1.92. The standard InChI is InChI=1S/C12H19N3O/c1-3-14-8-10(13)6-11(14)12(16)15-5-4-9(2)7-15/h6,8-9H,3-5,7,13H2,1-2H3. The average molecular weight is 221 g/mol. The lowest BCUT2D eigenvalue weighted by molar-refractivity contribution is 0.0777. The molecule has 0 aliphatic carbocycles. The number of hydrogen-bond donors (Lipinski definition) is 1. The highest BCUT2D eigenvalue weighted by Gasteiger charge is 2.25. The van der Waals surface area contributed by atoms with Crippen LogP contribution in [0.3, 0.4) is 0 Å². The molecule has 88 valence electrons. The molecule has 1 saturated heterocycles. The van der Waals surface area contributed by atoms with E-state index in [-0.39, 0.29) is 5.91 Å². The minimum atomic E-state index is 0.114. The second-order valence-electron chi connectivity index (χ2n) is 4.59. The van der Waals surface area contributed by atoms with E-state index >= 15 is 0 Å². The zero-order valence-corrected chi connectivity index (χ0v) is 9.94. The number of nitrogen functional groups attached to an aromatic ring is 1. The van der Waals surface area contributed by atoms with E-state index in [1.54, 1.807) is 6.07 Å². The van der Waals surface area contributed by atoms with Gasteiger partial charge in [-0.1, -0.05) is 6.92 Å². The van der Waals surface area contributed by atoms with Crippen LogP contribution in [-0.2, 0) is 6.54 Å². The van der Waals surface area contributed by atoms with E-state index in [1.807, 2.05) is 22.6 Å². The number of amides is 1. The lowest BCUT2D eigenvalue weighted by atomic mass is 10.2. The monoisotopic (exact) mass is 221 g/mol. The van der Waals surface area contributed by atoms with Crippen molar-refractivity contribution in [2.45, 2.75) is 26.8 Å². The van der Waals surface area contributed by atoms with E-state index in [2.05, 4.69) is 6.92 Å². The highest BCUT2D eigenvalue weighted by molar-refractivity contribution is 5.94. The summed E-state index contributed by atoms with van der Waals surface area (Å²) < 4.78 is 1.92. The number of hydrogen-bond acceptors (Lipinski definition) is 2. The van der Waals surface area contributed by atoms with Gasteiger partial charge in [0.2, 0.25) is 0 Å². The summed E-state index contributed by atoms with van der Waals surface area (Å²) in [6.07, 6.45) is 2.93. The average Bonchev–Trinajstić information content (AvgIpc) is 2.83. The minimum absolute atomic E-state index is 0.114. The summed E-state index contributed by atoms with van der Waals surface area (Å²) in [7, 11) is 0. The number of aryl methyl sites for hydroxylation is 1. The van der Waals surface area contributed by atoms with Crippen LogP contribution in [-0.4, -0.2) is 28.5 Å². The second kappa shape index (κ2) is 4.20. The van der Waals surface area contributed by atoms with Crippen molar-refractivity contribution >= 4 is 11.6 Å². The van der Waals surface area contributed by atoms with Crippen molar-refractivity contribution in [1.29, 1.82) is 0 Å². The van der Waals surface area contributed by atoms with E-state index in [9.17, 15) is 4.79 Å². The molecule has 0 radical (unpaired) electrons. The zero-order valence-electron chi connectivity index (χ0n) is 9.94. The molecule has 1 aromatic rings. The fourth-order valence-corrected chi connectivity index (χ4v) is 2.26. The fraction of sp³-hybridized carbons (Fsp3) is 0.583. The van der Waals surface area contributed by atoms with Gasteiger partial charge in [-0.3, -0.25) is 4.79 Å². The first-order chi connectivity index (χ1) is 7.61. The van der Waals surface area contributed by atoms with Crippen molar-refractivity contribution in [3.63, 3.8) is 0 Å². The first kappa shape index (κ1) is 11.0. The third-order valence-electron chi connectivity index (χ3n) is 3.19. The van der Waals surface area contributed by atoms with Crippen molar-refractivity contribution < 1.29 is 4.79 Å². The van der Waals surface area contributed by atoms with E-state index in [4.69, 9.17) is 5.73 Å². The van der Waals surface area contributed by atoms with E-state index in [0.717, 1.165) is 26.1 Å². The van der Waals surface area contributed by atoms with Crippen LogP contribution < -0.4 is 5.73 Å². The quantitative estimate of drug-likeness (QED) is 0.824. The molecule has 2 heterocycles. The van der Waals surface area contributed by atoms with Crippen LogP contribution in [0.2, 0.25) is 0 Å². The van der Waals surface area contributed by atoms with E-state index in [1.165, 1.54) is 0 Å². The van der Waals surface area contributed by atoms with Gasteiger partial charge in [0.25, 0.3) is 5.91 Å². The van der Waals surface area contributed by atoms with Crippen LogP contribution in [0.1, 0.15) is 30.8 Å². The van der Waals surface area contributed by atoms with Crippen molar-refractivity contribution in [2.24, 2.45) is 5.92 Å². The van der Waals surface area contributed by atoms with Crippen molar-refractivity contribution in [3.8, 4) is 0 Å². The maximum absolute atomic E-state index is 12.2. The number of carbonyl (C=O) groups excluding carboxylic acids is 1. The molecule has 0 aromatic carbocycles. The molecule has 0 bridgehead atoms. The lowest BCUT2D eigenvalue weighted by Crippen LogP contribution is -2.30. The number of nitrogens with zero attached hydrogens (tertiary/aromatic N) is 2. The summed E-state index contributed by atoms with van der Waals surface area (Å²) in [5, 5.41) is 0. The molecule has 1 atom stereocenters. The topological polar surface area (TPSA) is 51.3 Å². The van der Waals surface area contributed by atoms with E-state index < -0.39 is 0 Å². The smallest absolute Gasteiger partial charge is 0.270 e. The first-order valence-corrected chi connectivity index (χ1v) is 5.86. The first-order valence-electron chi connectivity index (χ1n) is 5.86. The minimum Gasteiger partial charge on any atom is -0.397 e. The van der Waals surface area contributed by atoms with Gasteiger partial charge in [-0.2, -0.15) is 0 Å². The Morgan fingerprint density at radius 2 is 2.38 bits per heavy atom. The summed E-state index contributed by atoms with van der Waals surface area (Å²) in [5.74, 6) is 0.731. The van der Waals surface area contributed by atoms with Gasteiger partial charge in [0.05, 0.1) is 5.69 Å². The molecule has 4 heteroatoms. The SMILES string of the molecule is CCn1cc(N)cc1C(=O)N1CCC(C)C1. The van der Waals surface area contributed by atoms with Crippen molar-refractivity contribution in [1.82, 2.24) is 9.47 Å². The van der Waals surface area contributed by atoms with Crippen LogP contribution in [0.5, 0.6) is 0 Å².